The Hall–Kier alpha value is -2.67. The van der Waals surface area contributed by atoms with Gasteiger partial charge in [-0.25, -0.2) is 4.79 Å². The van der Waals surface area contributed by atoms with Gasteiger partial charge in [0.15, 0.2) is 0 Å². The number of hydrogen-bond donors (Lipinski definition) is 2. The Kier molecular flexibility index (Phi) is 4.01. The van der Waals surface area contributed by atoms with E-state index >= 15 is 0 Å². The summed E-state index contributed by atoms with van der Waals surface area (Å²) < 4.78 is 2.29. The number of fused-ring (bicyclic) bond motifs is 1. The van der Waals surface area contributed by atoms with E-state index in [0.29, 0.717) is 23.3 Å². The van der Waals surface area contributed by atoms with Gasteiger partial charge in [0.2, 0.25) is 0 Å². The Balaban J connectivity index is 1.54. The number of piperidine rings is 1. The third kappa shape index (κ3) is 2.80. The van der Waals surface area contributed by atoms with Crippen LogP contribution in [0.5, 0.6) is 0 Å². The number of benzene rings is 1. The molecule has 1 fully saturated rings. The molecule has 0 unspecified atom stereocenters. The molecule has 4 rings (SSSR count). The highest BCUT2D eigenvalue weighted by molar-refractivity contribution is 7.71. The number of rotatable bonds is 2. The second-order valence-electron chi connectivity index (χ2n) is 6.25. The molecule has 25 heavy (non-hydrogen) atoms. The first-order valence-corrected chi connectivity index (χ1v) is 8.72. The third-order valence-electron chi connectivity index (χ3n) is 4.79. The van der Waals surface area contributed by atoms with Gasteiger partial charge in [0.1, 0.15) is 4.64 Å². The fraction of sp³-hybridized carbons (Fsp3) is 0.278. The lowest BCUT2D eigenvalue weighted by molar-refractivity contribution is 0.0694. The predicted octanol–water partition coefficient (Wildman–Crippen LogP) is 2.86. The normalized spacial score (nSPS) is 15.6. The summed E-state index contributed by atoms with van der Waals surface area (Å²) in [4.78, 5) is 32.6. The van der Waals surface area contributed by atoms with Gasteiger partial charge in [0.25, 0.3) is 5.91 Å². The van der Waals surface area contributed by atoms with Crippen molar-refractivity contribution in [3.05, 3.63) is 63.3 Å². The second-order valence-corrected chi connectivity index (χ2v) is 6.66. The van der Waals surface area contributed by atoms with E-state index < -0.39 is 0 Å². The number of hydrogen-bond acceptors (Lipinski definition) is 3. The number of carbonyl (C=O) groups excluding carboxylic acids is 1. The topological polar surface area (TPSA) is 73.9 Å². The molecule has 0 spiro atoms. The van der Waals surface area contributed by atoms with Gasteiger partial charge in [0, 0.05) is 25.3 Å². The smallest absolute Gasteiger partial charge is 0.326 e. The summed E-state index contributed by atoms with van der Waals surface area (Å²) in [5.74, 6) is -0.0495. The number of imidazole rings is 1. The minimum absolute atomic E-state index is 0.0495. The lowest BCUT2D eigenvalue weighted by Gasteiger charge is -2.32. The van der Waals surface area contributed by atoms with E-state index in [-0.39, 0.29) is 17.6 Å². The van der Waals surface area contributed by atoms with Gasteiger partial charge >= 0.3 is 5.69 Å². The van der Waals surface area contributed by atoms with E-state index in [2.05, 4.69) is 9.97 Å². The number of nitrogens with zero attached hydrogens (tertiary/aromatic N) is 2. The largest absolute Gasteiger partial charge is 0.352 e. The second kappa shape index (κ2) is 6.33. The maximum Gasteiger partial charge on any atom is 0.326 e. The quantitative estimate of drug-likeness (QED) is 0.695. The van der Waals surface area contributed by atoms with Crippen LogP contribution in [-0.4, -0.2) is 38.4 Å². The Morgan fingerprint density at radius 3 is 2.64 bits per heavy atom. The van der Waals surface area contributed by atoms with Crippen LogP contribution in [0.15, 0.2) is 47.4 Å². The molecule has 1 amide bonds. The molecule has 2 aromatic heterocycles. The predicted molar refractivity (Wildman–Crippen MR) is 98.4 cm³/mol. The Bertz CT molecular complexity index is 1040. The van der Waals surface area contributed by atoms with Crippen LogP contribution in [0.1, 0.15) is 29.2 Å². The highest BCUT2D eigenvalue weighted by Crippen LogP contribution is 2.25. The molecule has 2 N–H and O–H groups in total. The summed E-state index contributed by atoms with van der Waals surface area (Å²) in [7, 11) is 0. The van der Waals surface area contributed by atoms with Gasteiger partial charge < -0.3 is 14.9 Å². The van der Waals surface area contributed by atoms with Crippen molar-refractivity contribution in [1.29, 1.82) is 0 Å². The van der Waals surface area contributed by atoms with E-state index in [9.17, 15) is 9.59 Å². The summed E-state index contributed by atoms with van der Waals surface area (Å²) in [6.45, 7) is 1.22. The molecule has 0 atom stereocenters. The maximum absolute atomic E-state index is 12.7. The van der Waals surface area contributed by atoms with Crippen LogP contribution >= 0.6 is 12.2 Å². The highest BCUT2D eigenvalue weighted by Gasteiger charge is 2.27. The van der Waals surface area contributed by atoms with Gasteiger partial charge in [-0.2, -0.15) is 0 Å². The number of aromatic amines is 2. The molecular weight excluding hydrogens is 336 g/mol. The highest BCUT2D eigenvalue weighted by atomic mass is 32.1. The molecule has 3 aromatic rings. The standard InChI is InChI=1S/C18H18N4O2S/c23-17(13-4-3-9-19-16(13)25)21-10-7-12(8-11-21)22-15-6-2-1-5-14(15)20-18(22)24/h1-6,9,12H,7-8,10-11H2,(H,19,25)(H,20,24). The van der Waals surface area contributed by atoms with Crippen LogP contribution in [0, 0.1) is 4.64 Å². The van der Waals surface area contributed by atoms with Crippen molar-refractivity contribution in [1.82, 2.24) is 19.4 Å². The molecule has 128 valence electrons. The van der Waals surface area contributed by atoms with E-state index in [4.69, 9.17) is 12.2 Å². The third-order valence-corrected chi connectivity index (χ3v) is 5.13. The van der Waals surface area contributed by atoms with Crippen molar-refractivity contribution in [3.63, 3.8) is 0 Å². The van der Waals surface area contributed by atoms with Crippen molar-refractivity contribution < 1.29 is 4.79 Å². The molecule has 3 heterocycles. The average Bonchev–Trinajstić information content (AvgIpc) is 2.97. The van der Waals surface area contributed by atoms with E-state index in [1.54, 1.807) is 18.3 Å². The minimum Gasteiger partial charge on any atom is -0.352 e. The molecule has 7 heteroatoms. The van der Waals surface area contributed by atoms with Crippen LogP contribution in [0.25, 0.3) is 11.0 Å². The molecule has 1 saturated heterocycles. The van der Waals surface area contributed by atoms with E-state index in [0.717, 1.165) is 23.9 Å². The molecular formula is C18H18N4O2S. The van der Waals surface area contributed by atoms with Gasteiger partial charge in [-0.05, 0) is 37.1 Å². The Morgan fingerprint density at radius 1 is 1.12 bits per heavy atom. The molecule has 0 radical (unpaired) electrons. The van der Waals surface area contributed by atoms with Crippen molar-refractivity contribution in [2.24, 2.45) is 0 Å². The maximum atomic E-state index is 12.7. The summed E-state index contributed by atoms with van der Waals surface area (Å²) in [5.41, 5.74) is 2.21. The lowest BCUT2D eigenvalue weighted by Crippen LogP contribution is -2.40. The number of pyridine rings is 1. The van der Waals surface area contributed by atoms with Crippen molar-refractivity contribution in [2.75, 3.05) is 13.1 Å². The number of nitrogens with one attached hydrogen (secondary N) is 2. The van der Waals surface area contributed by atoms with Crippen LogP contribution in [0.2, 0.25) is 0 Å². The molecule has 0 saturated carbocycles. The van der Waals surface area contributed by atoms with Crippen molar-refractivity contribution in [2.45, 2.75) is 18.9 Å². The van der Waals surface area contributed by atoms with Crippen LogP contribution in [0.3, 0.4) is 0 Å². The summed E-state index contributed by atoms with van der Waals surface area (Å²) in [5, 5.41) is 0. The fourth-order valence-corrected chi connectivity index (χ4v) is 3.75. The van der Waals surface area contributed by atoms with E-state index in [1.165, 1.54) is 0 Å². The monoisotopic (exact) mass is 354 g/mol. The van der Waals surface area contributed by atoms with Crippen molar-refractivity contribution >= 4 is 29.2 Å². The molecule has 1 aliphatic heterocycles. The first-order chi connectivity index (χ1) is 12.1. The van der Waals surface area contributed by atoms with Crippen LogP contribution in [0.4, 0.5) is 0 Å². The molecule has 0 bridgehead atoms. The number of likely N-dealkylation sites (tertiary alicyclic amines) is 1. The van der Waals surface area contributed by atoms with Gasteiger partial charge in [-0.1, -0.05) is 24.4 Å². The summed E-state index contributed by atoms with van der Waals surface area (Å²) in [6, 6.07) is 11.3. The SMILES string of the molecule is O=C(c1ccc[nH]c1=S)N1CCC(n2c(=O)[nH]c3ccccc32)CC1. The zero-order chi connectivity index (χ0) is 17.4. The molecule has 0 aliphatic carbocycles. The van der Waals surface area contributed by atoms with Gasteiger partial charge in [-0.3, -0.25) is 9.36 Å². The zero-order valence-corrected chi connectivity index (χ0v) is 14.4. The van der Waals surface area contributed by atoms with Crippen molar-refractivity contribution in [3.8, 4) is 0 Å². The summed E-state index contributed by atoms with van der Waals surface area (Å²) in [6.07, 6.45) is 3.21. The Morgan fingerprint density at radius 2 is 1.88 bits per heavy atom. The number of carbonyl (C=O) groups is 1. The van der Waals surface area contributed by atoms with Crippen LogP contribution < -0.4 is 5.69 Å². The number of para-hydroxylation sites is 2. The average molecular weight is 354 g/mol. The van der Waals surface area contributed by atoms with Gasteiger partial charge in [-0.15, -0.1) is 0 Å². The molecule has 1 aromatic carbocycles. The molecule has 6 nitrogen and oxygen atoms in total. The summed E-state index contributed by atoms with van der Waals surface area (Å²) >= 11 is 5.20. The van der Waals surface area contributed by atoms with Gasteiger partial charge in [0.05, 0.1) is 16.6 Å². The zero-order valence-electron chi connectivity index (χ0n) is 13.6. The van der Waals surface area contributed by atoms with E-state index in [1.807, 2.05) is 33.7 Å². The molecule has 1 aliphatic rings. The first kappa shape index (κ1) is 15.8. The minimum atomic E-state index is -0.0866. The number of H-pyrrole nitrogens is 2. The van der Waals surface area contributed by atoms with Crippen LogP contribution in [-0.2, 0) is 0 Å². The Labute approximate surface area is 149 Å². The number of aromatic nitrogens is 3. The number of amides is 1. The lowest BCUT2D eigenvalue weighted by atomic mass is 10.0. The first-order valence-electron chi connectivity index (χ1n) is 8.31. The fourth-order valence-electron chi connectivity index (χ4n) is 3.52.